The molecule has 2 aromatic carbocycles. The van der Waals surface area contributed by atoms with Gasteiger partial charge in [-0.2, -0.15) is 0 Å². The monoisotopic (exact) mass is 324 g/mol. The van der Waals surface area contributed by atoms with Crippen LogP contribution in [0.4, 0.5) is 21.9 Å². The summed E-state index contributed by atoms with van der Waals surface area (Å²) in [6, 6.07) is 12.4. The number of para-hydroxylation sites is 1. The Labute approximate surface area is 133 Å². The predicted molar refractivity (Wildman–Crippen MR) is 86.8 cm³/mol. The van der Waals surface area contributed by atoms with Crippen molar-refractivity contribution >= 4 is 46.4 Å². The molecule has 2 N–H and O–H groups in total. The van der Waals surface area contributed by atoms with E-state index in [2.05, 4.69) is 10.6 Å². The summed E-state index contributed by atoms with van der Waals surface area (Å²) in [4.78, 5) is 11.3. The number of carbonyl (C=O) groups excluding carboxylic acids is 1. The highest BCUT2D eigenvalue weighted by molar-refractivity contribution is 6.39. The van der Waals surface area contributed by atoms with Gasteiger partial charge in [0.2, 0.25) is 0 Å². The maximum Gasteiger partial charge on any atom is 0.411 e. The van der Waals surface area contributed by atoms with Gasteiger partial charge in [-0.3, -0.25) is 5.32 Å². The maximum atomic E-state index is 11.3. The second-order valence-electron chi connectivity index (χ2n) is 4.14. The number of anilines is 3. The summed E-state index contributed by atoms with van der Waals surface area (Å²) in [5.74, 6) is 0. The highest BCUT2D eigenvalue weighted by Gasteiger charge is 2.06. The molecule has 0 fully saturated rings. The van der Waals surface area contributed by atoms with E-state index in [1.54, 1.807) is 49.4 Å². The topological polar surface area (TPSA) is 50.4 Å². The minimum absolute atomic E-state index is 0.330. The van der Waals surface area contributed by atoms with Gasteiger partial charge < -0.3 is 10.1 Å². The van der Waals surface area contributed by atoms with Crippen molar-refractivity contribution in [3.05, 3.63) is 52.5 Å². The van der Waals surface area contributed by atoms with E-state index < -0.39 is 6.09 Å². The molecule has 21 heavy (non-hydrogen) atoms. The zero-order valence-electron chi connectivity index (χ0n) is 11.3. The standard InChI is InChI=1S/C15H14Cl2N2O2/c1-2-21-15(20)19-11-8-6-10(7-9-11)18-14-12(16)4-3-5-13(14)17/h3-9,18H,2H2,1H3,(H,19,20). The minimum Gasteiger partial charge on any atom is -0.450 e. The number of hydrogen-bond acceptors (Lipinski definition) is 3. The molecular weight excluding hydrogens is 311 g/mol. The predicted octanol–water partition coefficient (Wildman–Crippen LogP) is 5.31. The van der Waals surface area contributed by atoms with Gasteiger partial charge in [0.1, 0.15) is 0 Å². The summed E-state index contributed by atoms with van der Waals surface area (Å²) in [5, 5.41) is 6.83. The van der Waals surface area contributed by atoms with Crippen LogP contribution >= 0.6 is 23.2 Å². The van der Waals surface area contributed by atoms with Crippen molar-refractivity contribution in [1.82, 2.24) is 0 Å². The number of rotatable bonds is 4. The van der Waals surface area contributed by atoms with Crippen molar-refractivity contribution in [1.29, 1.82) is 0 Å². The molecule has 0 atom stereocenters. The van der Waals surface area contributed by atoms with Crippen molar-refractivity contribution in [2.75, 3.05) is 17.2 Å². The highest BCUT2D eigenvalue weighted by atomic mass is 35.5. The summed E-state index contributed by atoms with van der Waals surface area (Å²) < 4.78 is 4.80. The zero-order valence-corrected chi connectivity index (χ0v) is 12.8. The lowest BCUT2D eigenvalue weighted by Crippen LogP contribution is -2.13. The summed E-state index contributed by atoms with van der Waals surface area (Å²) >= 11 is 12.2. The van der Waals surface area contributed by atoms with Crippen LogP contribution in [0, 0.1) is 0 Å². The van der Waals surface area contributed by atoms with Crippen LogP contribution in [0.3, 0.4) is 0 Å². The van der Waals surface area contributed by atoms with Crippen LogP contribution < -0.4 is 10.6 Å². The SMILES string of the molecule is CCOC(=O)Nc1ccc(Nc2c(Cl)cccc2Cl)cc1. The Hall–Kier alpha value is -1.91. The Morgan fingerprint density at radius 3 is 2.19 bits per heavy atom. The van der Waals surface area contributed by atoms with E-state index in [0.717, 1.165) is 5.69 Å². The number of ether oxygens (including phenoxy) is 1. The number of halogens is 2. The molecule has 0 saturated heterocycles. The van der Waals surface area contributed by atoms with Crippen molar-refractivity contribution in [3.8, 4) is 0 Å². The Balaban J connectivity index is 2.07. The van der Waals surface area contributed by atoms with Gasteiger partial charge in [-0.05, 0) is 43.3 Å². The smallest absolute Gasteiger partial charge is 0.411 e. The lowest BCUT2D eigenvalue weighted by Gasteiger charge is -2.11. The van der Waals surface area contributed by atoms with Crippen molar-refractivity contribution < 1.29 is 9.53 Å². The Bertz CT molecular complexity index is 610. The maximum absolute atomic E-state index is 11.3. The zero-order chi connectivity index (χ0) is 15.2. The first-order valence-electron chi connectivity index (χ1n) is 6.35. The molecule has 0 bridgehead atoms. The molecule has 0 aliphatic rings. The lowest BCUT2D eigenvalue weighted by molar-refractivity contribution is 0.168. The molecule has 0 aromatic heterocycles. The average Bonchev–Trinajstić information content (AvgIpc) is 2.45. The summed E-state index contributed by atoms with van der Waals surface area (Å²) in [6.45, 7) is 2.08. The first kappa shape index (κ1) is 15.5. The summed E-state index contributed by atoms with van der Waals surface area (Å²) in [5.41, 5.74) is 2.09. The van der Waals surface area contributed by atoms with Gasteiger partial charge in [0.05, 0.1) is 22.3 Å². The Morgan fingerprint density at radius 1 is 1.05 bits per heavy atom. The molecule has 0 spiro atoms. The van der Waals surface area contributed by atoms with Gasteiger partial charge in [-0.1, -0.05) is 29.3 Å². The van der Waals surface area contributed by atoms with Crippen molar-refractivity contribution in [2.24, 2.45) is 0 Å². The molecular formula is C15H14Cl2N2O2. The van der Waals surface area contributed by atoms with Crippen LogP contribution in [0.5, 0.6) is 0 Å². The summed E-state index contributed by atoms with van der Waals surface area (Å²) in [7, 11) is 0. The fourth-order valence-electron chi connectivity index (χ4n) is 1.68. The van der Waals surface area contributed by atoms with Crippen LogP contribution in [-0.2, 0) is 4.74 Å². The lowest BCUT2D eigenvalue weighted by atomic mass is 10.2. The quantitative estimate of drug-likeness (QED) is 0.801. The van der Waals surface area contributed by atoms with Gasteiger partial charge in [-0.15, -0.1) is 0 Å². The number of carbonyl (C=O) groups is 1. The van der Waals surface area contributed by atoms with E-state index in [9.17, 15) is 4.79 Å². The second kappa shape index (κ2) is 7.20. The third-order valence-corrected chi connectivity index (χ3v) is 3.27. The number of nitrogens with one attached hydrogen (secondary N) is 2. The van der Waals surface area contributed by atoms with Gasteiger partial charge in [0, 0.05) is 11.4 Å². The third-order valence-electron chi connectivity index (χ3n) is 2.64. The second-order valence-corrected chi connectivity index (χ2v) is 4.96. The molecule has 0 saturated carbocycles. The number of hydrogen-bond donors (Lipinski definition) is 2. The molecule has 110 valence electrons. The molecule has 2 aromatic rings. The molecule has 6 heteroatoms. The van der Waals surface area contributed by atoms with E-state index in [0.29, 0.717) is 28.0 Å². The highest BCUT2D eigenvalue weighted by Crippen LogP contribution is 2.32. The van der Waals surface area contributed by atoms with Crippen LogP contribution in [0.15, 0.2) is 42.5 Å². The normalized spacial score (nSPS) is 10.0. The molecule has 0 aliphatic carbocycles. The first-order valence-corrected chi connectivity index (χ1v) is 7.10. The van der Waals surface area contributed by atoms with Crippen molar-refractivity contribution in [2.45, 2.75) is 6.92 Å². The molecule has 0 heterocycles. The molecule has 4 nitrogen and oxygen atoms in total. The minimum atomic E-state index is -0.479. The van der Waals surface area contributed by atoms with Gasteiger partial charge in [0.15, 0.2) is 0 Å². The van der Waals surface area contributed by atoms with Crippen LogP contribution in [0.25, 0.3) is 0 Å². The van der Waals surface area contributed by atoms with E-state index >= 15 is 0 Å². The van der Waals surface area contributed by atoms with Crippen LogP contribution in [0.1, 0.15) is 6.92 Å². The van der Waals surface area contributed by atoms with Crippen LogP contribution in [0.2, 0.25) is 10.0 Å². The molecule has 0 aliphatic heterocycles. The van der Waals surface area contributed by atoms with Crippen molar-refractivity contribution in [3.63, 3.8) is 0 Å². The fraction of sp³-hybridized carbons (Fsp3) is 0.133. The fourth-order valence-corrected chi connectivity index (χ4v) is 2.18. The molecule has 0 unspecified atom stereocenters. The van der Waals surface area contributed by atoms with Gasteiger partial charge >= 0.3 is 6.09 Å². The summed E-state index contributed by atoms with van der Waals surface area (Å²) in [6.07, 6.45) is -0.479. The molecule has 0 radical (unpaired) electrons. The third kappa shape index (κ3) is 4.28. The first-order chi connectivity index (χ1) is 10.1. The van der Waals surface area contributed by atoms with E-state index in [4.69, 9.17) is 27.9 Å². The van der Waals surface area contributed by atoms with E-state index in [-0.39, 0.29) is 0 Å². The van der Waals surface area contributed by atoms with E-state index in [1.165, 1.54) is 0 Å². The van der Waals surface area contributed by atoms with Gasteiger partial charge in [0.25, 0.3) is 0 Å². The van der Waals surface area contributed by atoms with Crippen LogP contribution in [-0.4, -0.2) is 12.7 Å². The number of benzene rings is 2. The molecule has 2 rings (SSSR count). The van der Waals surface area contributed by atoms with E-state index in [1.807, 2.05) is 0 Å². The average molecular weight is 325 g/mol. The largest absolute Gasteiger partial charge is 0.450 e. The molecule has 1 amide bonds. The Kier molecular flexibility index (Phi) is 5.31. The van der Waals surface area contributed by atoms with Gasteiger partial charge in [-0.25, -0.2) is 4.79 Å². The Morgan fingerprint density at radius 2 is 1.62 bits per heavy atom. The number of amides is 1.